The summed E-state index contributed by atoms with van der Waals surface area (Å²) in [5.41, 5.74) is 1.58. The Morgan fingerprint density at radius 1 is 1.29 bits per heavy atom. The molecule has 1 aromatic heterocycles. The summed E-state index contributed by atoms with van der Waals surface area (Å²) in [5, 5.41) is 19.9. The molecule has 1 atom stereocenters. The number of anilines is 2. The van der Waals surface area contributed by atoms with Crippen molar-refractivity contribution in [2.75, 3.05) is 29.9 Å². The van der Waals surface area contributed by atoms with E-state index in [0.29, 0.717) is 0 Å². The minimum atomic E-state index is -1.08. The SMILES string of the molecule is C[C@](O)(CNC(=O)Nc1ccccc1N1CCCC1)c1ccsc1. The molecule has 0 spiro atoms. The van der Waals surface area contributed by atoms with E-state index in [1.54, 1.807) is 6.92 Å². The Hall–Kier alpha value is -2.05. The van der Waals surface area contributed by atoms with Crippen LogP contribution in [0.3, 0.4) is 0 Å². The quantitative estimate of drug-likeness (QED) is 0.778. The van der Waals surface area contributed by atoms with Gasteiger partial charge in [-0.25, -0.2) is 4.79 Å². The van der Waals surface area contributed by atoms with Gasteiger partial charge in [-0.05, 0) is 54.3 Å². The number of hydrogen-bond donors (Lipinski definition) is 3. The summed E-state index contributed by atoms with van der Waals surface area (Å²) in [6.07, 6.45) is 2.37. The number of urea groups is 1. The van der Waals surface area contributed by atoms with E-state index < -0.39 is 5.60 Å². The van der Waals surface area contributed by atoms with Crippen molar-refractivity contribution in [1.82, 2.24) is 5.32 Å². The van der Waals surface area contributed by atoms with E-state index in [9.17, 15) is 9.90 Å². The van der Waals surface area contributed by atoms with Crippen molar-refractivity contribution in [2.24, 2.45) is 0 Å². The number of carbonyl (C=O) groups excluding carboxylic acids is 1. The van der Waals surface area contributed by atoms with Crippen molar-refractivity contribution in [3.05, 3.63) is 46.7 Å². The molecule has 6 heteroatoms. The smallest absolute Gasteiger partial charge is 0.319 e. The Labute approximate surface area is 146 Å². The first kappa shape index (κ1) is 16.8. The van der Waals surface area contributed by atoms with E-state index in [-0.39, 0.29) is 12.6 Å². The maximum absolute atomic E-state index is 12.2. The Balaban J connectivity index is 1.61. The molecule has 1 aromatic carbocycles. The average Bonchev–Trinajstić information content (AvgIpc) is 3.27. The normalized spacial score (nSPS) is 16.7. The number of hydrogen-bond acceptors (Lipinski definition) is 4. The maximum Gasteiger partial charge on any atom is 0.319 e. The van der Waals surface area contributed by atoms with Gasteiger partial charge in [0.1, 0.15) is 5.60 Å². The molecule has 2 heterocycles. The molecular formula is C18H23N3O2S. The lowest BCUT2D eigenvalue weighted by Crippen LogP contribution is -2.40. The zero-order valence-corrected chi connectivity index (χ0v) is 14.6. The van der Waals surface area contributed by atoms with E-state index in [1.165, 1.54) is 24.2 Å². The van der Waals surface area contributed by atoms with Gasteiger partial charge in [0.15, 0.2) is 0 Å². The molecule has 3 rings (SSSR count). The van der Waals surface area contributed by atoms with Crippen LogP contribution in [0.4, 0.5) is 16.2 Å². The molecule has 1 fully saturated rings. The van der Waals surface area contributed by atoms with Gasteiger partial charge in [0, 0.05) is 13.1 Å². The molecule has 5 nitrogen and oxygen atoms in total. The second-order valence-corrected chi connectivity index (χ2v) is 7.08. The highest BCUT2D eigenvalue weighted by molar-refractivity contribution is 7.08. The lowest BCUT2D eigenvalue weighted by atomic mass is 9.99. The molecule has 1 aliphatic rings. The molecule has 0 bridgehead atoms. The molecule has 1 saturated heterocycles. The number of thiophene rings is 1. The molecule has 0 unspecified atom stereocenters. The molecule has 2 aromatic rings. The second-order valence-electron chi connectivity index (χ2n) is 6.30. The zero-order valence-electron chi connectivity index (χ0n) is 13.8. The van der Waals surface area contributed by atoms with Crippen LogP contribution >= 0.6 is 11.3 Å². The van der Waals surface area contributed by atoms with Crippen LogP contribution in [-0.2, 0) is 5.60 Å². The number of rotatable bonds is 5. The highest BCUT2D eigenvalue weighted by atomic mass is 32.1. The van der Waals surface area contributed by atoms with Gasteiger partial charge in [0.25, 0.3) is 0 Å². The van der Waals surface area contributed by atoms with Crippen LogP contribution in [0.2, 0.25) is 0 Å². The van der Waals surface area contributed by atoms with Crippen LogP contribution < -0.4 is 15.5 Å². The molecule has 1 aliphatic heterocycles. The summed E-state index contributed by atoms with van der Waals surface area (Å²) < 4.78 is 0. The lowest BCUT2D eigenvalue weighted by molar-refractivity contribution is 0.0604. The summed E-state index contributed by atoms with van der Waals surface area (Å²) in [6.45, 7) is 3.90. The minimum Gasteiger partial charge on any atom is -0.384 e. The van der Waals surface area contributed by atoms with Crippen LogP contribution in [0.15, 0.2) is 41.1 Å². The third-order valence-corrected chi connectivity index (χ3v) is 5.02. The van der Waals surface area contributed by atoms with Gasteiger partial charge in [-0.2, -0.15) is 11.3 Å². The maximum atomic E-state index is 12.2. The molecule has 2 amide bonds. The minimum absolute atomic E-state index is 0.154. The van der Waals surface area contributed by atoms with E-state index >= 15 is 0 Å². The van der Waals surface area contributed by atoms with Gasteiger partial charge in [0.05, 0.1) is 17.9 Å². The van der Waals surface area contributed by atoms with Crippen molar-refractivity contribution in [3.63, 3.8) is 0 Å². The third-order valence-electron chi connectivity index (χ3n) is 4.34. The number of aliphatic hydroxyl groups is 1. The molecular weight excluding hydrogens is 322 g/mol. The first-order valence-corrected chi connectivity index (χ1v) is 9.14. The molecule has 0 radical (unpaired) electrons. The number of nitrogens with one attached hydrogen (secondary N) is 2. The van der Waals surface area contributed by atoms with Gasteiger partial charge in [-0.3, -0.25) is 0 Å². The summed E-state index contributed by atoms with van der Waals surface area (Å²) in [4.78, 5) is 14.5. The van der Waals surface area contributed by atoms with Gasteiger partial charge in [-0.15, -0.1) is 0 Å². The summed E-state index contributed by atoms with van der Waals surface area (Å²) in [7, 11) is 0. The fraction of sp³-hybridized carbons (Fsp3) is 0.389. The zero-order chi connectivity index (χ0) is 17.0. The van der Waals surface area contributed by atoms with Crippen LogP contribution in [0.5, 0.6) is 0 Å². The summed E-state index contributed by atoms with van der Waals surface area (Å²) >= 11 is 1.53. The first-order valence-electron chi connectivity index (χ1n) is 8.20. The Morgan fingerprint density at radius 2 is 2.04 bits per heavy atom. The Morgan fingerprint density at radius 3 is 2.75 bits per heavy atom. The summed E-state index contributed by atoms with van der Waals surface area (Å²) in [5.74, 6) is 0. The van der Waals surface area contributed by atoms with Crippen molar-refractivity contribution >= 4 is 28.7 Å². The van der Waals surface area contributed by atoms with Crippen LogP contribution in [0, 0.1) is 0 Å². The van der Waals surface area contributed by atoms with E-state index in [1.807, 2.05) is 41.1 Å². The largest absolute Gasteiger partial charge is 0.384 e. The number of nitrogens with zero attached hydrogens (tertiary/aromatic N) is 1. The van der Waals surface area contributed by atoms with E-state index in [2.05, 4.69) is 15.5 Å². The topological polar surface area (TPSA) is 64.6 Å². The average molecular weight is 345 g/mol. The molecule has 3 N–H and O–H groups in total. The van der Waals surface area contributed by atoms with Crippen molar-refractivity contribution in [1.29, 1.82) is 0 Å². The summed E-state index contributed by atoms with van der Waals surface area (Å²) in [6, 6.07) is 9.39. The second kappa shape index (κ2) is 7.23. The Bertz CT molecular complexity index is 679. The van der Waals surface area contributed by atoms with Crippen molar-refractivity contribution < 1.29 is 9.90 Å². The molecule has 0 aliphatic carbocycles. The number of amides is 2. The predicted molar refractivity (Wildman–Crippen MR) is 98.8 cm³/mol. The first-order chi connectivity index (χ1) is 11.6. The number of carbonyl (C=O) groups is 1. The van der Waals surface area contributed by atoms with E-state index in [4.69, 9.17) is 0 Å². The number of benzene rings is 1. The van der Waals surface area contributed by atoms with Crippen LogP contribution in [0.1, 0.15) is 25.3 Å². The predicted octanol–water partition coefficient (Wildman–Crippen LogP) is 3.38. The molecule has 0 saturated carbocycles. The van der Waals surface area contributed by atoms with Gasteiger partial charge < -0.3 is 20.6 Å². The van der Waals surface area contributed by atoms with Gasteiger partial charge in [-0.1, -0.05) is 12.1 Å². The fourth-order valence-corrected chi connectivity index (χ4v) is 3.69. The fourth-order valence-electron chi connectivity index (χ4n) is 2.91. The number of para-hydroxylation sites is 2. The van der Waals surface area contributed by atoms with Crippen LogP contribution in [-0.4, -0.2) is 30.8 Å². The third kappa shape index (κ3) is 3.88. The molecule has 128 valence electrons. The van der Waals surface area contributed by atoms with Crippen molar-refractivity contribution in [3.8, 4) is 0 Å². The lowest BCUT2D eigenvalue weighted by Gasteiger charge is -2.24. The van der Waals surface area contributed by atoms with Gasteiger partial charge >= 0.3 is 6.03 Å². The monoisotopic (exact) mass is 345 g/mol. The highest BCUT2D eigenvalue weighted by Crippen LogP contribution is 2.28. The van der Waals surface area contributed by atoms with Crippen LogP contribution in [0.25, 0.3) is 0 Å². The van der Waals surface area contributed by atoms with Crippen molar-refractivity contribution in [2.45, 2.75) is 25.4 Å². The van der Waals surface area contributed by atoms with Gasteiger partial charge in [0.2, 0.25) is 0 Å². The highest BCUT2D eigenvalue weighted by Gasteiger charge is 2.24. The van der Waals surface area contributed by atoms with E-state index in [0.717, 1.165) is 30.0 Å². The standard InChI is InChI=1S/C18H23N3O2S/c1-18(23,14-8-11-24-12-14)13-19-17(22)20-15-6-2-3-7-16(15)21-9-4-5-10-21/h2-3,6-8,11-12,23H,4-5,9-10,13H2,1H3,(H2,19,20,22)/t18-/m0/s1. The molecule has 24 heavy (non-hydrogen) atoms. The Kier molecular flexibility index (Phi) is 5.06.